The molecule has 0 fully saturated rings. The van der Waals surface area contributed by atoms with Gasteiger partial charge in [0.25, 0.3) is 0 Å². The molecule has 0 radical (unpaired) electrons. The first-order valence-corrected chi connectivity index (χ1v) is 9.50. The summed E-state index contributed by atoms with van der Waals surface area (Å²) in [4.78, 5) is 6.88. The SMILES string of the molecule is Cc1oc(-c2cccc(Oc3ccccc3)c2)nc1CN(C)C(C)c1ccon1. The minimum Gasteiger partial charge on any atom is -0.457 e. The molecule has 2 aromatic heterocycles. The summed E-state index contributed by atoms with van der Waals surface area (Å²) in [7, 11) is 2.03. The first kappa shape index (κ1) is 19.0. The maximum Gasteiger partial charge on any atom is 0.226 e. The van der Waals surface area contributed by atoms with E-state index in [1.165, 1.54) is 0 Å². The molecule has 0 saturated heterocycles. The topological polar surface area (TPSA) is 64.5 Å². The third-order valence-corrected chi connectivity index (χ3v) is 4.90. The van der Waals surface area contributed by atoms with Crippen molar-refractivity contribution in [3.63, 3.8) is 0 Å². The van der Waals surface area contributed by atoms with Crippen LogP contribution in [0.5, 0.6) is 11.5 Å². The number of ether oxygens (including phenoxy) is 1. The normalized spacial score (nSPS) is 12.3. The molecule has 6 heteroatoms. The van der Waals surface area contributed by atoms with Crippen molar-refractivity contribution >= 4 is 0 Å². The molecule has 0 aliphatic heterocycles. The van der Waals surface area contributed by atoms with Crippen LogP contribution in [0.1, 0.15) is 30.1 Å². The Labute approximate surface area is 169 Å². The molecule has 0 aliphatic rings. The Morgan fingerprint density at radius 3 is 2.59 bits per heavy atom. The van der Waals surface area contributed by atoms with Crippen molar-refractivity contribution in [2.75, 3.05) is 7.05 Å². The minimum atomic E-state index is 0.107. The Bertz CT molecular complexity index is 1060. The molecule has 0 N–H and O–H groups in total. The van der Waals surface area contributed by atoms with Crippen molar-refractivity contribution in [2.24, 2.45) is 0 Å². The van der Waals surface area contributed by atoms with Gasteiger partial charge in [-0.15, -0.1) is 0 Å². The summed E-state index contributed by atoms with van der Waals surface area (Å²) in [5.74, 6) is 2.91. The number of para-hydroxylation sites is 1. The van der Waals surface area contributed by atoms with Crippen LogP contribution in [0.25, 0.3) is 11.5 Å². The lowest BCUT2D eigenvalue weighted by atomic mass is 10.2. The molecule has 2 aromatic carbocycles. The summed E-state index contributed by atoms with van der Waals surface area (Å²) in [6, 6.07) is 19.4. The number of rotatable bonds is 7. The zero-order valence-corrected chi connectivity index (χ0v) is 16.7. The molecule has 0 saturated carbocycles. The van der Waals surface area contributed by atoms with E-state index in [0.717, 1.165) is 34.2 Å². The maximum atomic E-state index is 5.95. The van der Waals surface area contributed by atoms with Crippen LogP contribution in [0, 0.1) is 6.92 Å². The van der Waals surface area contributed by atoms with Crippen LogP contribution in [0.3, 0.4) is 0 Å². The molecular formula is C23H23N3O3. The zero-order chi connectivity index (χ0) is 20.2. The van der Waals surface area contributed by atoms with Gasteiger partial charge in [-0.2, -0.15) is 0 Å². The molecule has 0 aliphatic carbocycles. The van der Waals surface area contributed by atoms with E-state index in [1.54, 1.807) is 6.26 Å². The molecule has 6 nitrogen and oxygen atoms in total. The van der Waals surface area contributed by atoms with Gasteiger partial charge in [-0.3, -0.25) is 4.90 Å². The molecule has 0 bridgehead atoms. The smallest absolute Gasteiger partial charge is 0.226 e. The van der Waals surface area contributed by atoms with Crippen molar-refractivity contribution in [1.82, 2.24) is 15.0 Å². The highest BCUT2D eigenvalue weighted by Crippen LogP contribution is 2.29. The fourth-order valence-corrected chi connectivity index (χ4v) is 3.05. The Morgan fingerprint density at radius 1 is 1.03 bits per heavy atom. The average Bonchev–Trinajstić information content (AvgIpc) is 3.39. The van der Waals surface area contributed by atoms with Gasteiger partial charge in [0, 0.05) is 18.2 Å². The van der Waals surface area contributed by atoms with E-state index in [1.807, 2.05) is 74.6 Å². The Kier molecular flexibility index (Phi) is 5.44. The van der Waals surface area contributed by atoms with Crippen LogP contribution >= 0.6 is 0 Å². The monoisotopic (exact) mass is 389 g/mol. The summed E-state index contributed by atoms with van der Waals surface area (Å²) in [6.45, 7) is 4.66. The van der Waals surface area contributed by atoms with Crippen LogP contribution in [0.15, 0.2) is 75.9 Å². The molecule has 2 heterocycles. The van der Waals surface area contributed by atoms with E-state index in [4.69, 9.17) is 18.7 Å². The summed E-state index contributed by atoms with van der Waals surface area (Å²) < 4.78 is 16.8. The third kappa shape index (κ3) is 4.38. The lowest BCUT2D eigenvalue weighted by Gasteiger charge is -2.21. The summed E-state index contributed by atoms with van der Waals surface area (Å²) in [5.41, 5.74) is 2.66. The van der Waals surface area contributed by atoms with Crippen LogP contribution < -0.4 is 4.74 Å². The van der Waals surface area contributed by atoms with Crippen LogP contribution in [-0.4, -0.2) is 22.1 Å². The fraction of sp³-hybridized carbons (Fsp3) is 0.217. The molecule has 0 amide bonds. The minimum absolute atomic E-state index is 0.107. The number of aryl methyl sites for hydroxylation is 1. The highest BCUT2D eigenvalue weighted by Gasteiger charge is 2.19. The zero-order valence-electron chi connectivity index (χ0n) is 16.7. The number of benzene rings is 2. The van der Waals surface area contributed by atoms with Gasteiger partial charge in [0.05, 0.1) is 11.7 Å². The predicted molar refractivity (Wildman–Crippen MR) is 110 cm³/mol. The van der Waals surface area contributed by atoms with E-state index >= 15 is 0 Å². The van der Waals surface area contributed by atoms with Crippen LogP contribution in [0.4, 0.5) is 0 Å². The van der Waals surface area contributed by atoms with Gasteiger partial charge in [-0.1, -0.05) is 29.4 Å². The first-order chi connectivity index (χ1) is 14.1. The van der Waals surface area contributed by atoms with Gasteiger partial charge < -0.3 is 13.7 Å². The van der Waals surface area contributed by atoms with E-state index in [2.05, 4.69) is 17.0 Å². The van der Waals surface area contributed by atoms with Crippen LogP contribution in [0.2, 0.25) is 0 Å². The fourth-order valence-electron chi connectivity index (χ4n) is 3.05. The van der Waals surface area contributed by atoms with Gasteiger partial charge in [0.15, 0.2) is 0 Å². The van der Waals surface area contributed by atoms with Crippen molar-refractivity contribution in [3.8, 4) is 23.0 Å². The molecule has 29 heavy (non-hydrogen) atoms. The Hall–Kier alpha value is -3.38. The number of aromatic nitrogens is 2. The van der Waals surface area contributed by atoms with E-state index in [0.29, 0.717) is 12.4 Å². The second-order valence-electron chi connectivity index (χ2n) is 6.98. The number of hydrogen-bond donors (Lipinski definition) is 0. The van der Waals surface area contributed by atoms with E-state index < -0.39 is 0 Å². The quantitative estimate of drug-likeness (QED) is 0.408. The summed E-state index contributed by atoms with van der Waals surface area (Å²) in [6.07, 6.45) is 1.59. The summed E-state index contributed by atoms with van der Waals surface area (Å²) in [5, 5.41) is 4.02. The summed E-state index contributed by atoms with van der Waals surface area (Å²) >= 11 is 0. The average molecular weight is 389 g/mol. The maximum absolute atomic E-state index is 5.95. The standard InChI is InChI=1S/C23H23N3O3/c1-16(21-12-13-27-25-21)26(3)15-22-17(2)28-23(24-22)18-8-7-11-20(14-18)29-19-9-5-4-6-10-19/h4-14,16H,15H2,1-3H3. The predicted octanol–water partition coefficient (Wildman–Crippen LogP) is 5.62. The molecule has 0 spiro atoms. The molecular weight excluding hydrogens is 366 g/mol. The Balaban J connectivity index is 1.51. The lowest BCUT2D eigenvalue weighted by molar-refractivity contribution is 0.237. The molecule has 4 aromatic rings. The molecule has 1 unspecified atom stereocenters. The highest BCUT2D eigenvalue weighted by molar-refractivity contribution is 5.57. The van der Waals surface area contributed by atoms with Gasteiger partial charge in [-0.05, 0) is 51.2 Å². The number of oxazole rings is 1. The second-order valence-corrected chi connectivity index (χ2v) is 6.98. The lowest BCUT2D eigenvalue weighted by Crippen LogP contribution is -2.22. The largest absolute Gasteiger partial charge is 0.457 e. The van der Waals surface area contributed by atoms with Crippen molar-refractivity contribution in [3.05, 3.63) is 84.1 Å². The second kappa shape index (κ2) is 8.32. The van der Waals surface area contributed by atoms with Crippen molar-refractivity contribution in [1.29, 1.82) is 0 Å². The molecule has 148 valence electrons. The van der Waals surface area contributed by atoms with Crippen molar-refractivity contribution < 1.29 is 13.7 Å². The van der Waals surface area contributed by atoms with Gasteiger partial charge in [0.1, 0.15) is 29.2 Å². The third-order valence-electron chi connectivity index (χ3n) is 4.90. The van der Waals surface area contributed by atoms with Gasteiger partial charge in [0.2, 0.25) is 5.89 Å². The van der Waals surface area contributed by atoms with Gasteiger partial charge in [-0.25, -0.2) is 4.98 Å². The number of nitrogens with zero attached hydrogens (tertiary/aromatic N) is 3. The number of hydrogen-bond acceptors (Lipinski definition) is 6. The Morgan fingerprint density at radius 2 is 1.83 bits per heavy atom. The van der Waals surface area contributed by atoms with Crippen LogP contribution in [-0.2, 0) is 6.54 Å². The van der Waals surface area contributed by atoms with E-state index in [-0.39, 0.29) is 6.04 Å². The van der Waals surface area contributed by atoms with E-state index in [9.17, 15) is 0 Å². The molecule has 4 rings (SSSR count). The first-order valence-electron chi connectivity index (χ1n) is 9.50. The molecule has 1 atom stereocenters. The van der Waals surface area contributed by atoms with Gasteiger partial charge >= 0.3 is 0 Å². The van der Waals surface area contributed by atoms with Crippen molar-refractivity contribution in [2.45, 2.75) is 26.4 Å². The highest BCUT2D eigenvalue weighted by atomic mass is 16.5.